The molecule has 1 atom stereocenters. The van der Waals surface area contributed by atoms with E-state index in [2.05, 4.69) is 19.2 Å². The molecular weight excluding hydrogens is 402 g/mol. The number of thioether (sulfide) groups is 1. The summed E-state index contributed by atoms with van der Waals surface area (Å²) < 4.78 is 0. The number of amides is 1. The Kier molecular flexibility index (Phi) is 25.4. The second-order valence-corrected chi connectivity index (χ2v) is 9.98. The largest absolute Gasteiger partial charge is 0.394 e. The Morgan fingerprint density at radius 2 is 1.19 bits per heavy atom. The van der Waals surface area contributed by atoms with Gasteiger partial charge in [-0.15, -0.1) is 11.8 Å². The molecule has 3 nitrogen and oxygen atoms in total. The molecule has 31 heavy (non-hydrogen) atoms. The third kappa shape index (κ3) is 24.0. The third-order valence-electron chi connectivity index (χ3n) is 5.82. The molecule has 2 N–H and O–H groups in total. The van der Waals surface area contributed by atoms with E-state index in [4.69, 9.17) is 0 Å². The third-order valence-corrected chi connectivity index (χ3v) is 6.70. The molecular formula is C27H53NO2S. The lowest BCUT2D eigenvalue weighted by molar-refractivity contribution is -0.121. The molecule has 0 aliphatic heterocycles. The van der Waals surface area contributed by atoms with Crippen LogP contribution in [0.15, 0.2) is 11.5 Å². The van der Waals surface area contributed by atoms with Crippen molar-refractivity contribution in [3.63, 3.8) is 0 Å². The van der Waals surface area contributed by atoms with E-state index >= 15 is 0 Å². The van der Waals surface area contributed by atoms with Gasteiger partial charge < -0.3 is 10.4 Å². The van der Waals surface area contributed by atoms with Gasteiger partial charge >= 0.3 is 0 Å². The highest BCUT2D eigenvalue weighted by Gasteiger charge is 2.07. The van der Waals surface area contributed by atoms with Crippen LogP contribution in [0.4, 0.5) is 0 Å². The van der Waals surface area contributed by atoms with Gasteiger partial charge in [-0.1, -0.05) is 123 Å². The fraction of sp³-hybridized carbons (Fsp3) is 0.889. The minimum Gasteiger partial charge on any atom is -0.394 e. The molecule has 0 aliphatic carbocycles. The Morgan fingerprint density at radius 1 is 0.742 bits per heavy atom. The minimum absolute atomic E-state index is 0.0295. The van der Waals surface area contributed by atoms with Gasteiger partial charge in [-0.2, -0.15) is 0 Å². The zero-order valence-corrected chi connectivity index (χ0v) is 21.7. The molecule has 0 spiro atoms. The van der Waals surface area contributed by atoms with Crippen LogP contribution in [0.1, 0.15) is 136 Å². The van der Waals surface area contributed by atoms with Crippen LogP contribution in [0.5, 0.6) is 0 Å². The number of nitrogens with one attached hydrogen (secondary N) is 1. The standard InChI is InChI=1S/C27H53NO2S/c1-3-5-7-9-11-12-13-14-16-18-20-23-31-24-22-26(25-29)28-27(30)21-19-17-15-10-8-6-4-2/h22,24,26,29H,3-21,23,25H2,1-2H3,(H,28,30)/b24-22+/t26-/m1/s1. The summed E-state index contributed by atoms with van der Waals surface area (Å²) in [6.07, 6.45) is 26.1. The van der Waals surface area contributed by atoms with Crippen molar-refractivity contribution in [2.75, 3.05) is 12.4 Å². The first-order valence-electron chi connectivity index (χ1n) is 13.4. The summed E-state index contributed by atoms with van der Waals surface area (Å²) in [5, 5.41) is 14.5. The molecule has 1 amide bonds. The molecule has 0 saturated carbocycles. The number of aliphatic hydroxyl groups is 1. The average Bonchev–Trinajstić information content (AvgIpc) is 2.77. The molecule has 0 unspecified atom stereocenters. The van der Waals surface area contributed by atoms with Gasteiger partial charge in [0.1, 0.15) is 0 Å². The maximum absolute atomic E-state index is 12.0. The highest BCUT2D eigenvalue weighted by atomic mass is 32.2. The monoisotopic (exact) mass is 455 g/mol. The van der Waals surface area contributed by atoms with Gasteiger partial charge in [-0.25, -0.2) is 0 Å². The van der Waals surface area contributed by atoms with Crippen LogP contribution in [0.25, 0.3) is 0 Å². The van der Waals surface area contributed by atoms with Gasteiger partial charge in [0.25, 0.3) is 0 Å². The van der Waals surface area contributed by atoms with Crippen LogP contribution in [0.2, 0.25) is 0 Å². The Balaban J connectivity index is 3.52. The quantitative estimate of drug-likeness (QED) is 0.144. The minimum atomic E-state index is -0.248. The second kappa shape index (κ2) is 25.8. The lowest BCUT2D eigenvalue weighted by Gasteiger charge is -2.12. The molecule has 184 valence electrons. The number of carbonyl (C=O) groups is 1. The highest BCUT2D eigenvalue weighted by Crippen LogP contribution is 2.13. The lowest BCUT2D eigenvalue weighted by atomic mass is 10.1. The fourth-order valence-electron chi connectivity index (χ4n) is 3.74. The Morgan fingerprint density at radius 3 is 1.68 bits per heavy atom. The highest BCUT2D eigenvalue weighted by molar-refractivity contribution is 8.02. The van der Waals surface area contributed by atoms with Crippen LogP contribution < -0.4 is 5.32 Å². The summed E-state index contributed by atoms with van der Waals surface area (Å²) in [4.78, 5) is 12.0. The van der Waals surface area contributed by atoms with Crippen molar-refractivity contribution in [3.8, 4) is 0 Å². The molecule has 0 aromatic heterocycles. The first kappa shape index (κ1) is 30.5. The molecule has 0 radical (unpaired) electrons. The summed E-state index contributed by atoms with van der Waals surface area (Å²) in [7, 11) is 0. The van der Waals surface area contributed by atoms with E-state index in [1.54, 1.807) is 11.8 Å². The van der Waals surface area contributed by atoms with Gasteiger partial charge in [0, 0.05) is 6.42 Å². The zero-order chi connectivity index (χ0) is 22.8. The SMILES string of the molecule is CCCCCCCCCCCCCS/C=C/[C@H](CO)NC(=O)CCCCCCCCC. The van der Waals surface area contributed by atoms with Crippen LogP contribution in [0, 0.1) is 0 Å². The molecule has 0 rings (SSSR count). The van der Waals surface area contributed by atoms with Gasteiger partial charge in [0.15, 0.2) is 0 Å². The smallest absolute Gasteiger partial charge is 0.220 e. The molecule has 0 aliphatic rings. The number of aliphatic hydroxyl groups excluding tert-OH is 1. The van der Waals surface area contributed by atoms with Crippen molar-refractivity contribution < 1.29 is 9.90 Å². The first-order valence-corrected chi connectivity index (χ1v) is 14.5. The summed E-state index contributed by atoms with van der Waals surface area (Å²) in [6.45, 7) is 4.47. The van der Waals surface area contributed by atoms with Crippen LogP contribution in [0.3, 0.4) is 0 Å². The Bertz CT molecular complexity index is 401. The van der Waals surface area contributed by atoms with E-state index in [1.807, 2.05) is 11.5 Å². The molecule has 0 heterocycles. The molecule has 0 saturated heterocycles. The van der Waals surface area contributed by atoms with E-state index in [1.165, 1.54) is 103 Å². The predicted molar refractivity (Wildman–Crippen MR) is 140 cm³/mol. The van der Waals surface area contributed by atoms with Gasteiger partial charge in [0.05, 0.1) is 12.6 Å². The van der Waals surface area contributed by atoms with E-state index in [-0.39, 0.29) is 18.6 Å². The van der Waals surface area contributed by atoms with Crippen molar-refractivity contribution in [3.05, 3.63) is 11.5 Å². The number of carbonyl (C=O) groups excluding carboxylic acids is 1. The van der Waals surface area contributed by atoms with Crippen LogP contribution in [-0.2, 0) is 4.79 Å². The van der Waals surface area contributed by atoms with Crippen LogP contribution >= 0.6 is 11.8 Å². The predicted octanol–water partition coefficient (Wildman–Crippen LogP) is 8.16. The van der Waals surface area contributed by atoms with Crippen molar-refractivity contribution in [1.29, 1.82) is 0 Å². The van der Waals surface area contributed by atoms with Gasteiger partial charge in [0.2, 0.25) is 5.91 Å². The molecule has 0 fully saturated rings. The van der Waals surface area contributed by atoms with E-state index in [9.17, 15) is 9.90 Å². The number of unbranched alkanes of at least 4 members (excludes halogenated alkanes) is 16. The number of rotatable bonds is 24. The maximum atomic E-state index is 12.0. The molecule has 0 bridgehead atoms. The number of hydrogen-bond acceptors (Lipinski definition) is 3. The normalized spacial score (nSPS) is 12.5. The molecule has 4 heteroatoms. The topological polar surface area (TPSA) is 49.3 Å². The molecule has 0 aromatic carbocycles. The van der Waals surface area contributed by atoms with E-state index < -0.39 is 0 Å². The fourth-order valence-corrected chi connectivity index (χ4v) is 4.55. The summed E-state index contributed by atoms with van der Waals surface area (Å²) in [5.74, 6) is 1.19. The van der Waals surface area contributed by atoms with Crippen molar-refractivity contribution >= 4 is 17.7 Å². The summed E-state index contributed by atoms with van der Waals surface area (Å²) in [5.41, 5.74) is 0. The average molecular weight is 456 g/mol. The van der Waals surface area contributed by atoms with Crippen molar-refractivity contribution in [1.82, 2.24) is 5.32 Å². The maximum Gasteiger partial charge on any atom is 0.220 e. The Labute approximate surface area is 198 Å². The zero-order valence-electron chi connectivity index (χ0n) is 20.8. The van der Waals surface area contributed by atoms with Gasteiger partial charge in [-0.3, -0.25) is 4.79 Å². The first-order chi connectivity index (χ1) is 15.2. The number of hydrogen-bond donors (Lipinski definition) is 2. The van der Waals surface area contributed by atoms with Gasteiger partial charge in [-0.05, 0) is 24.0 Å². The second-order valence-electron chi connectivity index (χ2n) is 8.96. The van der Waals surface area contributed by atoms with E-state index in [0.717, 1.165) is 18.6 Å². The van der Waals surface area contributed by atoms with E-state index in [0.29, 0.717) is 6.42 Å². The molecule has 0 aromatic rings. The van der Waals surface area contributed by atoms with Crippen LogP contribution in [-0.4, -0.2) is 29.4 Å². The van der Waals surface area contributed by atoms with Crippen molar-refractivity contribution in [2.24, 2.45) is 0 Å². The summed E-state index contributed by atoms with van der Waals surface area (Å²) in [6, 6.07) is -0.248. The lowest BCUT2D eigenvalue weighted by Crippen LogP contribution is -2.35. The summed E-state index contributed by atoms with van der Waals surface area (Å²) >= 11 is 1.79. The Hall–Kier alpha value is -0.480. The van der Waals surface area contributed by atoms with Crippen molar-refractivity contribution in [2.45, 2.75) is 142 Å².